The molecular formula is C20H24ClN3O3S. The van der Waals surface area contributed by atoms with Gasteiger partial charge in [-0.15, -0.1) is 0 Å². The van der Waals surface area contributed by atoms with Crippen molar-refractivity contribution in [1.29, 1.82) is 0 Å². The van der Waals surface area contributed by atoms with Crippen molar-refractivity contribution >= 4 is 33.2 Å². The maximum atomic E-state index is 12.8. The first-order valence-corrected chi connectivity index (χ1v) is 11.0. The summed E-state index contributed by atoms with van der Waals surface area (Å²) in [6.45, 7) is 5.46. The second-order valence-electron chi connectivity index (χ2n) is 6.87. The van der Waals surface area contributed by atoms with E-state index in [-0.39, 0.29) is 16.8 Å². The van der Waals surface area contributed by atoms with Crippen molar-refractivity contribution in [2.75, 3.05) is 31.5 Å². The zero-order chi connectivity index (χ0) is 20.3. The lowest BCUT2D eigenvalue weighted by Crippen LogP contribution is -2.53. The first kappa shape index (κ1) is 20.8. The minimum absolute atomic E-state index is 0.0942. The van der Waals surface area contributed by atoms with E-state index >= 15 is 0 Å². The van der Waals surface area contributed by atoms with Crippen LogP contribution in [0.3, 0.4) is 0 Å². The molecule has 150 valence electrons. The molecule has 1 aliphatic rings. The highest BCUT2D eigenvalue weighted by Gasteiger charge is 2.31. The molecule has 0 radical (unpaired) electrons. The number of piperazine rings is 1. The Bertz CT molecular complexity index is 939. The lowest BCUT2D eigenvalue weighted by Gasteiger charge is -2.36. The van der Waals surface area contributed by atoms with Gasteiger partial charge in [0.05, 0.1) is 10.9 Å². The Morgan fingerprint density at radius 2 is 1.64 bits per heavy atom. The number of aryl methyl sites for hydroxylation is 1. The number of hydrogen-bond donors (Lipinski definition) is 1. The first-order valence-electron chi connectivity index (χ1n) is 9.15. The van der Waals surface area contributed by atoms with Gasteiger partial charge in [-0.2, -0.15) is 4.31 Å². The molecule has 28 heavy (non-hydrogen) atoms. The van der Waals surface area contributed by atoms with Crippen LogP contribution in [-0.4, -0.2) is 55.8 Å². The molecule has 1 fully saturated rings. The van der Waals surface area contributed by atoms with Crippen LogP contribution in [0.4, 0.5) is 5.69 Å². The topological polar surface area (TPSA) is 69.7 Å². The van der Waals surface area contributed by atoms with Gasteiger partial charge in [0.15, 0.2) is 0 Å². The predicted octanol–water partition coefficient (Wildman–Crippen LogP) is 2.98. The molecule has 0 aromatic heterocycles. The number of amides is 1. The van der Waals surface area contributed by atoms with E-state index in [1.165, 1.54) is 16.4 Å². The van der Waals surface area contributed by atoms with Crippen molar-refractivity contribution in [3.63, 3.8) is 0 Å². The summed E-state index contributed by atoms with van der Waals surface area (Å²) in [5, 5.41) is 3.45. The summed E-state index contributed by atoms with van der Waals surface area (Å²) in [5.41, 5.74) is 1.80. The van der Waals surface area contributed by atoms with E-state index in [1.54, 1.807) is 12.1 Å². The van der Waals surface area contributed by atoms with Crippen molar-refractivity contribution in [3.05, 3.63) is 59.1 Å². The standard InChI is InChI=1S/C20H24ClN3O3S/c1-15-5-3-4-6-19(15)22-20(25)16(2)23-11-13-24(14-12-23)28(26,27)18-9-7-17(21)8-10-18/h3-10,16H,11-14H2,1-2H3,(H,22,25). The van der Waals surface area contributed by atoms with Gasteiger partial charge in [-0.3, -0.25) is 9.69 Å². The third-order valence-electron chi connectivity index (χ3n) is 5.05. The van der Waals surface area contributed by atoms with Gasteiger partial charge in [-0.05, 0) is 49.7 Å². The fourth-order valence-electron chi connectivity index (χ4n) is 3.20. The number of rotatable bonds is 5. The lowest BCUT2D eigenvalue weighted by molar-refractivity contribution is -0.121. The molecule has 8 heteroatoms. The maximum Gasteiger partial charge on any atom is 0.243 e. The summed E-state index contributed by atoms with van der Waals surface area (Å²) in [4.78, 5) is 14.8. The van der Waals surface area contributed by atoms with Gasteiger partial charge in [0, 0.05) is 36.9 Å². The minimum Gasteiger partial charge on any atom is -0.324 e. The third-order valence-corrected chi connectivity index (χ3v) is 7.22. The van der Waals surface area contributed by atoms with Crippen molar-refractivity contribution in [2.45, 2.75) is 24.8 Å². The van der Waals surface area contributed by atoms with E-state index in [2.05, 4.69) is 5.32 Å². The summed E-state index contributed by atoms with van der Waals surface area (Å²) in [5.74, 6) is -0.0942. The SMILES string of the molecule is Cc1ccccc1NC(=O)C(C)N1CCN(S(=O)(=O)c2ccc(Cl)cc2)CC1. The summed E-state index contributed by atoms with van der Waals surface area (Å²) in [7, 11) is -3.55. The molecule has 0 spiro atoms. The number of carbonyl (C=O) groups is 1. The van der Waals surface area contributed by atoms with Gasteiger partial charge in [-0.1, -0.05) is 29.8 Å². The Balaban J connectivity index is 1.60. The van der Waals surface area contributed by atoms with E-state index in [0.717, 1.165) is 11.3 Å². The van der Waals surface area contributed by atoms with Crippen molar-refractivity contribution < 1.29 is 13.2 Å². The number of anilines is 1. The molecule has 1 amide bonds. The number of sulfonamides is 1. The highest BCUT2D eigenvalue weighted by Crippen LogP contribution is 2.21. The largest absolute Gasteiger partial charge is 0.324 e. The highest BCUT2D eigenvalue weighted by molar-refractivity contribution is 7.89. The monoisotopic (exact) mass is 421 g/mol. The molecular weight excluding hydrogens is 398 g/mol. The van der Waals surface area contributed by atoms with Crippen molar-refractivity contribution in [1.82, 2.24) is 9.21 Å². The zero-order valence-electron chi connectivity index (χ0n) is 15.9. The summed E-state index contributed by atoms with van der Waals surface area (Å²) in [6.07, 6.45) is 0. The van der Waals surface area contributed by atoms with Gasteiger partial charge in [0.25, 0.3) is 0 Å². The zero-order valence-corrected chi connectivity index (χ0v) is 17.5. The van der Waals surface area contributed by atoms with Crippen LogP contribution in [0.2, 0.25) is 5.02 Å². The van der Waals surface area contributed by atoms with Crippen LogP contribution in [0.5, 0.6) is 0 Å². The molecule has 1 aliphatic heterocycles. The quantitative estimate of drug-likeness (QED) is 0.805. The van der Waals surface area contributed by atoms with Gasteiger partial charge >= 0.3 is 0 Å². The highest BCUT2D eigenvalue weighted by atomic mass is 35.5. The van der Waals surface area contributed by atoms with Crippen LogP contribution in [0.1, 0.15) is 12.5 Å². The average molecular weight is 422 g/mol. The van der Waals surface area contributed by atoms with Gasteiger partial charge < -0.3 is 5.32 Å². The molecule has 1 N–H and O–H groups in total. The van der Waals surface area contributed by atoms with E-state index in [9.17, 15) is 13.2 Å². The fourth-order valence-corrected chi connectivity index (χ4v) is 4.75. The van der Waals surface area contributed by atoms with Crippen LogP contribution in [0, 0.1) is 6.92 Å². The Hall–Kier alpha value is -1.93. The number of nitrogens with zero attached hydrogens (tertiary/aromatic N) is 2. The molecule has 1 saturated heterocycles. The van der Waals surface area contributed by atoms with E-state index in [0.29, 0.717) is 31.2 Å². The van der Waals surface area contributed by atoms with Crippen LogP contribution in [0.25, 0.3) is 0 Å². The summed E-state index contributed by atoms with van der Waals surface area (Å²) < 4.78 is 27.0. The summed E-state index contributed by atoms with van der Waals surface area (Å²) >= 11 is 5.85. The van der Waals surface area contributed by atoms with Gasteiger partial charge in [-0.25, -0.2) is 8.42 Å². The molecule has 0 bridgehead atoms. The molecule has 1 atom stereocenters. The summed E-state index contributed by atoms with van der Waals surface area (Å²) in [6, 6.07) is 13.5. The average Bonchev–Trinajstić information content (AvgIpc) is 2.69. The van der Waals surface area contributed by atoms with Crippen molar-refractivity contribution in [2.24, 2.45) is 0 Å². The Morgan fingerprint density at radius 3 is 2.25 bits per heavy atom. The fraction of sp³-hybridized carbons (Fsp3) is 0.350. The third kappa shape index (κ3) is 4.55. The molecule has 2 aromatic carbocycles. The molecule has 0 saturated carbocycles. The van der Waals surface area contributed by atoms with E-state index in [1.807, 2.05) is 43.0 Å². The number of halogens is 1. The molecule has 3 rings (SSSR count). The predicted molar refractivity (Wildman–Crippen MR) is 111 cm³/mol. The van der Waals surface area contributed by atoms with Gasteiger partial charge in [0.1, 0.15) is 0 Å². The number of hydrogen-bond acceptors (Lipinski definition) is 4. The molecule has 2 aromatic rings. The number of carbonyl (C=O) groups excluding carboxylic acids is 1. The molecule has 6 nitrogen and oxygen atoms in total. The second-order valence-corrected chi connectivity index (χ2v) is 9.25. The first-order chi connectivity index (χ1) is 13.3. The number of nitrogens with one attached hydrogen (secondary N) is 1. The molecule has 0 aliphatic carbocycles. The Kier molecular flexibility index (Phi) is 6.40. The van der Waals surface area contributed by atoms with Crippen LogP contribution in [-0.2, 0) is 14.8 Å². The second kappa shape index (κ2) is 8.61. The van der Waals surface area contributed by atoms with Crippen molar-refractivity contribution in [3.8, 4) is 0 Å². The normalized spacial score (nSPS) is 17.2. The maximum absolute atomic E-state index is 12.8. The van der Waals surface area contributed by atoms with Crippen LogP contribution < -0.4 is 5.32 Å². The van der Waals surface area contributed by atoms with E-state index < -0.39 is 10.0 Å². The number of benzene rings is 2. The lowest BCUT2D eigenvalue weighted by atomic mass is 10.2. The Morgan fingerprint density at radius 1 is 1.04 bits per heavy atom. The van der Waals surface area contributed by atoms with Gasteiger partial charge in [0.2, 0.25) is 15.9 Å². The smallest absolute Gasteiger partial charge is 0.243 e. The van der Waals surface area contributed by atoms with Crippen LogP contribution >= 0.6 is 11.6 Å². The molecule has 1 heterocycles. The van der Waals surface area contributed by atoms with E-state index in [4.69, 9.17) is 11.6 Å². The minimum atomic E-state index is -3.55. The Labute approximate surface area is 171 Å². The molecule has 1 unspecified atom stereocenters. The number of para-hydroxylation sites is 1. The van der Waals surface area contributed by atoms with Crippen LogP contribution in [0.15, 0.2) is 53.4 Å².